The van der Waals surface area contributed by atoms with E-state index in [1.54, 1.807) is 7.11 Å². The maximum absolute atomic E-state index is 12.8. The number of rotatable bonds is 8. The van der Waals surface area contributed by atoms with E-state index in [1.165, 1.54) is 19.2 Å². The molecule has 1 aliphatic rings. The van der Waals surface area contributed by atoms with Crippen molar-refractivity contribution in [3.63, 3.8) is 0 Å². The zero-order chi connectivity index (χ0) is 20.7. The van der Waals surface area contributed by atoms with Crippen molar-refractivity contribution in [2.45, 2.75) is 25.0 Å². The van der Waals surface area contributed by atoms with E-state index in [0.29, 0.717) is 48.0 Å². The summed E-state index contributed by atoms with van der Waals surface area (Å²) in [6, 6.07) is 2.86. The van der Waals surface area contributed by atoms with Crippen LogP contribution in [0.3, 0.4) is 0 Å². The number of likely N-dealkylation sites (tertiary alicyclic amines) is 1. The first kappa shape index (κ1) is 22.1. The molecule has 2 rings (SSSR count). The molecular formula is C18H27ClN4O5. The minimum atomic E-state index is -1.02. The van der Waals surface area contributed by atoms with Crippen LogP contribution in [0.15, 0.2) is 12.1 Å². The Labute approximate surface area is 169 Å². The number of piperidine rings is 1. The summed E-state index contributed by atoms with van der Waals surface area (Å²) in [5.74, 6) is 0.0571. The molecule has 2 atom stereocenters. The first-order valence-corrected chi connectivity index (χ1v) is 9.39. The van der Waals surface area contributed by atoms with E-state index in [2.05, 4.69) is 15.5 Å². The molecule has 0 bridgehead atoms. The van der Waals surface area contributed by atoms with Crippen LogP contribution in [0.5, 0.6) is 5.75 Å². The third-order valence-electron chi connectivity index (χ3n) is 4.75. The van der Waals surface area contributed by atoms with Crippen molar-refractivity contribution < 1.29 is 24.2 Å². The van der Waals surface area contributed by atoms with Crippen LogP contribution in [0.1, 0.15) is 23.2 Å². The van der Waals surface area contributed by atoms with E-state index in [0.717, 1.165) is 13.1 Å². The van der Waals surface area contributed by atoms with Crippen molar-refractivity contribution in [1.82, 2.24) is 15.5 Å². The molecule has 0 radical (unpaired) electrons. The number of anilines is 1. The normalized spacial score (nSPS) is 19.8. The highest BCUT2D eigenvalue weighted by atomic mass is 35.5. The smallest absolute Gasteiger partial charge is 0.404 e. The highest BCUT2D eigenvalue weighted by Crippen LogP contribution is 2.29. The topological polar surface area (TPSA) is 126 Å². The van der Waals surface area contributed by atoms with Crippen molar-refractivity contribution in [3.05, 3.63) is 22.7 Å². The number of methoxy groups -OCH3 is 2. The van der Waals surface area contributed by atoms with Crippen LogP contribution in [0.2, 0.25) is 5.02 Å². The zero-order valence-electron chi connectivity index (χ0n) is 16.0. The summed E-state index contributed by atoms with van der Waals surface area (Å²) in [5.41, 5.74) is 6.43. The number of benzene rings is 1. The maximum atomic E-state index is 12.8. The number of hydrogen-bond acceptors (Lipinski definition) is 6. The Bertz CT molecular complexity index is 703. The van der Waals surface area contributed by atoms with Crippen LogP contribution in [-0.2, 0) is 4.74 Å². The number of halogens is 1. The van der Waals surface area contributed by atoms with Crippen molar-refractivity contribution in [2.24, 2.45) is 0 Å². The molecule has 156 valence electrons. The Balaban J connectivity index is 1.95. The highest BCUT2D eigenvalue weighted by Gasteiger charge is 2.31. The Morgan fingerprint density at radius 3 is 2.79 bits per heavy atom. The first-order chi connectivity index (χ1) is 13.3. The molecule has 0 aromatic heterocycles. The van der Waals surface area contributed by atoms with Crippen molar-refractivity contribution in [1.29, 1.82) is 0 Å². The lowest BCUT2D eigenvalue weighted by Crippen LogP contribution is -2.55. The lowest BCUT2D eigenvalue weighted by Gasteiger charge is -2.38. The molecule has 9 nitrogen and oxygen atoms in total. The van der Waals surface area contributed by atoms with E-state index < -0.39 is 6.09 Å². The van der Waals surface area contributed by atoms with Gasteiger partial charge in [-0.05, 0) is 25.5 Å². The highest BCUT2D eigenvalue weighted by molar-refractivity contribution is 6.33. The number of carboxylic acid groups (broad SMARTS) is 1. The second kappa shape index (κ2) is 10.4. The predicted octanol–water partition coefficient (Wildman–Crippen LogP) is 1.41. The molecule has 1 fully saturated rings. The molecule has 2 unspecified atom stereocenters. The molecule has 0 spiro atoms. The molecule has 1 aliphatic heterocycles. The number of nitrogen functional groups attached to an aromatic ring is 1. The van der Waals surface area contributed by atoms with E-state index in [-0.39, 0.29) is 18.1 Å². The molecule has 10 heteroatoms. The summed E-state index contributed by atoms with van der Waals surface area (Å²) < 4.78 is 10.8. The second-order valence-corrected chi connectivity index (χ2v) is 7.01. The van der Waals surface area contributed by atoms with Gasteiger partial charge >= 0.3 is 6.09 Å². The number of nitrogens with two attached hydrogens (primary N) is 1. The molecular weight excluding hydrogens is 388 g/mol. The summed E-state index contributed by atoms with van der Waals surface area (Å²) >= 11 is 6.05. The SMILES string of the molecule is COc1cc(N)c(Cl)cc1C(=O)NC1CCN(CCCNC(=O)O)CC1OC. The Morgan fingerprint density at radius 1 is 1.39 bits per heavy atom. The minimum Gasteiger partial charge on any atom is -0.496 e. The van der Waals surface area contributed by atoms with Gasteiger partial charge in [0.25, 0.3) is 5.91 Å². The van der Waals surface area contributed by atoms with Gasteiger partial charge in [-0.25, -0.2) is 4.79 Å². The average Bonchev–Trinajstić information content (AvgIpc) is 2.67. The molecule has 2 amide bonds. The van der Waals surface area contributed by atoms with Gasteiger partial charge in [0, 0.05) is 32.8 Å². The molecule has 1 heterocycles. The Hall–Kier alpha value is -2.23. The van der Waals surface area contributed by atoms with Crippen LogP contribution in [0, 0.1) is 0 Å². The van der Waals surface area contributed by atoms with Gasteiger partial charge in [-0.3, -0.25) is 4.79 Å². The van der Waals surface area contributed by atoms with Crippen LogP contribution in [0.4, 0.5) is 10.5 Å². The molecule has 1 aromatic rings. The quantitative estimate of drug-likeness (QED) is 0.374. The molecule has 1 aromatic carbocycles. The summed E-state index contributed by atoms with van der Waals surface area (Å²) in [4.78, 5) is 25.4. The number of nitrogens with one attached hydrogen (secondary N) is 2. The number of carbonyl (C=O) groups is 2. The number of nitrogens with zero attached hydrogens (tertiary/aromatic N) is 1. The van der Waals surface area contributed by atoms with Gasteiger partial charge in [-0.1, -0.05) is 11.6 Å². The number of carbonyl (C=O) groups excluding carboxylic acids is 1. The van der Waals surface area contributed by atoms with Crippen LogP contribution >= 0.6 is 11.6 Å². The number of ether oxygens (including phenoxy) is 2. The van der Waals surface area contributed by atoms with Gasteiger partial charge in [-0.2, -0.15) is 0 Å². The standard InChI is InChI=1S/C18H27ClN4O5/c1-27-15-9-13(20)12(19)8-11(15)17(24)22-14-4-7-23(10-16(14)28-2)6-3-5-21-18(25)26/h8-9,14,16,21H,3-7,10,20H2,1-2H3,(H,22,24)(H,25,26). The first-order valence-electron chi connectivity index (χ1n) is 9.01. The number of hydrogen-bond donors (Lipinski definition) is 4. The lowest BCUT2D eigenvalue weighted by atomic mass is 10.0. The minimum absolute atomic E-state index is 0.160. The van der Waals surface area contributed by atoms with Gasteiger partial charge < -0.3 is 35.8 Å². The largest absolute Gasteiger partial charge is 0.496 e. The fraction of sp³-hybridized carbons (Fsp3) is 0.556. The average molecular weight is 415 g/mol. The lowest BCUT2D eigenvalue weighted by molar-refractivity contribution is 0.00619. The zero-order valence-corrected chi connectivity index (χ0v) is 16.8. The van der Waals surface area contributed by atoms with Gasteiger partial charge in [0.15, 0.2) is 0 Å². The number of amides is 2. The summed E-state index contributed by atoms with van der Waals surface area (Å²) in [6.45, 7) is 2.58. The third-order valence-corrected chi connectivity index (χ3v) is 5.08. The van der Waals surface area contributed by atoms with Crippen molar-refractivity contribution in [2.75, 3.05) is 46.1 Å². The molecule has 0 aliphatic carbocycles. The van der Waals surface area contributed by atoms with Crippen molar-refractivity contribution in [3.8, 4) is 5.75 Å². The monoisotopic (exact) mass is 414 g/mol. The van der Waals surface area contributed by atoms with Gasteiger partial charge in [0.2, 0.25) is 0 Å². The Kier molecular flexibility index (Phi) is 8.16. The van der Waals surface area contributed by atoms with Gasteiger partial charge in [-0.15, -0.1) is 0 Å². The van der Waals surface area contributed by atoms with Crippen molar-refractivity contribution >= 4 is 29.3 Å². The summed E-state index contributed by atoms with van der Waals surface area (Å²) in [6.07, 6.45) is 0.220. The van der Waals surface area contributed by atoms with E-state index in [1.807, 2.05) is 0 Å². The van der Waals surface area contributed by atoms with Crippen LogP contribution < -0.4 is 21.1 Å². The maximum Gasteiger partial charge on any atom is 0.404 e. The molecule has 28 heavy (non-hydrogen) atoms. The predicted molar refractivity (Wildman–Crippen MR) is 106 cm³/mol. The van der Waals surface area contributed by atoms with E-state index in [4.69, 9.17) is 31.9 Å². The van der Waals surface area contributed by atoms with E-state index in [9.17, 15) is 9.59 Å². The van der Waals surface area contributed by atoms with Gasteiger partial charge in [0.1, 0.15) is 5.75 Å². The molecule has 5 N–H and O–H groups in total. The molecule has 0 saturated carbocycles. The summed E-state index contributed by atoms with van der Waals surface area (Å²) in [5, 5.41) is 14.2. The van der Waals surface area contributed by atoms with E-state index >= 15 is 0 Å². The fourth-order valence-electron chi connectivity index (χ4n) is 3.25. The molecule has 1 saturated heterocycles. The second-order valence-electron chi connectivity index (χ2n) is 6.60. The fourth-order valence-corrected chi connectivity index (χ4v) is 3.41. The third kappa shape index (κ3) is 5.88. The Morgan fingerprint density at radius 2 is 2.14 bits per heavy atom. The van der Waals surface area contributed by atoms with Gasteiger partial charge in [0.05, 0.1) is 35.5 Å². The van der Waals surface area contributed by atoms with Crippen LogP contribution in [-0.4, -0.2) is 74.6 Å². The van der Waals surface area contributed by atoms with Crippen LogP contribution in [0.25, 0.3) is 0 Å². The summed E-state index contributed by atoms with van der Waals surface area (Å²) in [7, 11) is 3.08.